The van der Waals surface area contributed by atoms with E-state index in [0.29, 0.717) is 24.0 Å². The van der Waals surface area contributed by atoms with Gasteiger partial charge in [0.25, 0.3) is 0 Å². The third-order valence-corrected chi connectivity index (χ3v) is 2.41. The van der Waals surface area contributed by atoms with Gasteiger partial charge in [0.1, 0.15) is 11.3 Å². The number of aromatic carboxylic acids is 1. The summed E-state index contributed by atoms with van der Waals surface area (Å²) in [5.41, 5.74) is 6.09. The fourth-order valence-electron chi connectivity index (χ4n) is 1.33. The molecule has 4 heteroatoms. The van der Waals surface area contributed by atoms with Crippen LogP contribution in [0, 0.1) is 5.92 Å². The van der Waals surface area contributed by atoms with Crippen LogP contribution in [0.5, 0.6) is 5.75 Å². The van der Waals surface area contributed by atoms with Gasteiger partial charge in [-0.1, -0.05) is 0 Å². The van der Waals surface area contributed by atoms with Crippen LogP contribution in [-0.4, -0.2) is 17.7 Å². The van der Waals surface area contributed by atoms with Crippen LogP contribution in [0.15, 0.2) is 18.2 Å². The zero-order valence-electron chi connectivity index (χ0n) is 8.27. The minimum atomic E-state index is -1.01. The van der Waals surface area contributed by atoms with Crippen LogP contribution >= 0.6 is 0 Å². The van der Waals surface area contributed by atoms with E-state index in [1.165, 1.54) is 18.9 Å². The zero-order valence-corrected chi connectivity index (χ0v) is 8.27. The molecule has 4 nitrogen and oxygen atoms in total. The van der Waals surface area contributed by atoms with Gasteiger partial charge in [-0.2, -0.15) is 0 Å². The lowest BCUT2D eigenvalue weighted by Gasteiger charge is -2.08. The summed E-state index contributed by atoms with van der Waals surface area (Å²) in [4.78, 5) is 10.9. The molecule has 0 amide bonds. The number of hydrogen-bond donors (Lipinski definition) is 2. The van der Waals surface area contributed by atoms with E-state index in [1.54, 1.807) is 12.1 Å². The van der Waals surface area contributed by atoms with Crippen molar-refractivity contribution in [2.24, 2.45) is 5.92 Å². The Hall–Kier alpha value is -1.71. The van der Waals surface area contributed by atoms with Crippen molar-refractivity contribution >= 4 is 11.7 Å². The molecule has 1 fully saturated rings. The highest BCUT2D eigenvalue weighted by atomic mass is 16.5. The Kier molecular flexibility index (Phi) is 2.49. The minimum Gasteiger partial charge on any atom is -0.492 e. The second-order valence-electron chi connectivity index (χ2n) is 3.82. The molecule has 1 aromatic carbocycles. The van der Waals surface area contributed by atoms with Gasteiger partial charge >= 0.3 is 5.97 Å². The van der Waals surface area contributed by atoms with Gasteiger partial charge in [-0.3, -0.25) is 0 Å². The maximum atomic E-state index is 10.9. The van der Waals surface area contributed by atoms with Crippen LogP contribution in [-0.2, 0) is 0 Å². The Labute approximate surface area is 87.7 Å². The number of hydrogen-bond acceptors (Lipinski definition) is 3. The summed E-state index contributed by atoms with van der Waals surface area (Å²) in [6, 6.07) is 4.68. The molecular formula is C11H13NO3. The summed E-state index contributed by atoms with van der Waals surface area (Å²) >= 11 is 0. The highest BCUT2D eigenvalue weighted by Crippen LogP contribution is 2.30. The number of carboxylic acid groups (broad SMARTS) is 1. The molecule has 3 N–H and O–H groups in total. The van der Waals surface area contributed by atoms with E-state index in [9.17, 15) is 4.79 Å². The summed E-state index contributed by atoms with van der Waals surface area (Å²) in [7, 11) is 0. The normalized spacial score (nSPS) is 14.9. The highest BCUT2D eigenvalue weighted by molar-refractivity contribution is 5.92. The first-order valence-electron chi connectivity index (χ1n) is 4.92. The fourth-order valence-corrected chi connectivity index (χ4v) is 1.33. The number of carbonyl (C=O) groups is 1. The Morgan fingerprint density at radius 3 is 2.87 bits per heavy atom. The molecule has 0 radical (unpaired) electrons. The molecule has 0 unspecified atom stereocenters. The first kappa shape index (κ1) is 9.83. The van der Waals surface area contributed by atoms with Crippen LogP contribution in [0.3, 0.4) is 0 Å². The van der Waals surface area contributed by atoms with E-state index in [0.717, 1.165) is 0 Å². The molecule has 1 aromatic rings. The maximum absolute atomic E-state index is 10.9. The van der Waals surface area contributed by atoms with Crippen molar-refractivity contribution in [3.63, 3.8) is 0 Å². The van der Waals surface area contributed by atoms with Crippen molar-refractivity contribution in [3.05, 3.63) is 23.8 Å². The third kappa shape index (κ3) is 2.40. The molecular weight excluding hydrogens is 194 g/mol. The summed E-state index contributed by atoms with van der Waals surface area (Å²) in [6.07, 6.45) is 2.36. The van der Waals surface area contributed by atoms with E-state index in [1.807, 2.05) is 0 Å². The van der Waals surface area contributed by atoms with Gasteiger partial charge in [0.2, 0.25) is 0 Å². The van der Waals surface area contributed by atoms with Crippen molar-refractivity contribution in [1.82, 2.24) is 0 Å². The molecule has 1 saturated carbocycles. The second-order valence-corrected chi connectivity index (χ2v) is 3.82. The lowest BCUT2D eigenvalue weighted by Crippen LogP contribution is -2.06. The predicted molar refractivity (Wildman–Crippen MR) is 56.0 cm³/mol. The van der Waals surface area contributed by atoms with Crippen molar-refractivity contribution < 1.29 is 14.6 Å². The number of rotatable bonds is 4. The van der Waals surface area contributed by atoms with Gasteiger partial charge in [-0.25, -0.2) is 4.79 Å². The largest absolute Gasteiger partial charge is 0.492 e. The van der Waals surface area contributed by atoms with Gasteiger partial charge in [0.15, 0.2) is 0 Å². The first-order chi connectivity index (χ1) is 7.16. The van der Waals surface area contributed by atoms with Crippen molar-refractivity contribution in [1.29, 1.82) is 0 Å². The average Bonchev–Trinajstić information content (AvgIpc) is 2.99. The number of anilines is 1. The van der Waals surface area contributed by atoms with Gasteiger partial charge in [-0.05, 0) is 37.0 Å². The lowest BCUT2D eigenvalue weighted by molar-refractivity contribution is 0.0692. The lowest BCUT2D eigenvalue weighted by atomic mass is 10.2. The Balaban J connectivity index is 2.15. The summed E-state index contributed by atoms with van der Waals surface area (Å²) in [5, 5.41) is 8.94. The Morgan fingerprint density at radius 2 is 2.27 bits per heavy atom. The fraction of sp³-hybridized carbons (Fsp3) is 0.364. The minimum absolute atomic E-state index is 0.135. The second kappa shape index (κ2) is 3.81. The summed E-state index contributed by atoms with van der Waals surface area (Å²) in [5.74, 6) is 0.000829. The van der Waals surface area contributed by atoms with Gasteiger partial charge in [0, 0.05) is 5.69 Å². The quantitative estimate of drug-likeness (QED) is 0.738. The monoisotopic (exact) mass is 207 g/mol. The first-order valence-corrected chi connectivity index (χ1v) is 4.92. The SMILES string of the molecule is Nc1ccc(OCC2CC2)c(C(=O)O)c1. The Morgan fingerprint density at radius 1 is 1.53 bits per heavy atom. The standard InChI is InChI=1S/C11H13NO3/c12-8-3-4-10(9(5-8)11(13)14)15-6-7-1-2-7/h3-5,7H,1-2,6,12H2,(H,13,14). The van der Waals surface area contributed by atoms with Gasteiger partial charge < -0.3 is 15.6 Å². The molecule has 1 aliphatic carbocycles. The molecule has 15 heavy (non-hydrogen) atoms. The molecule has 0 saturated heterocycles. The summed E-state index contributed by atoms with van der Waals surface area (Å²) in [6.45, 7) is 0.601. The molecule has 0 spiro atoms. The highest BCUT2D eigenvalue weighted by Gasteiger charge is 2.23. The van der Waals surface area contributed by atoms with Crippen LogP contribution in [0.1, 0.15) is 23.2 Å². The number of benzene rings is 1. The number of nitrogens with two attached hydrogens (primary N) is 1. The predicted octanol–water partition coefficient (Wildman–Crippen LogP) is 1.76. The number of nitrogen functional groups attached to an aromatic ring is 1. The van der Waals surface area contributed by atoms with Crippen LogP contribution in [0.25, 0.3) is 0 Å². The van der Waals surface area contributed by atoms with Crippen LogP contribution in [0.2, 0.25) is 0 Å². The molecule has 1 aliphatic rings. The molecule has 2 rings (SSSR count). The van der Waals surface area contributed by atoms with E-state index < -0.39 is 5.97 Å². The van der Waals surface area contributed by atoms with Gasteiger partial charge in [-0.15, -0.1) is 0 Å². The number of ether oxygens (including phenoxy) is 1. The van der Waals surface area contributed by atoms with E-state index in [4.69, 9.17) is 15.6 Å². The van der Waals surface area contributed by atoms with Gasteiger partial charge in [0.05, 0.1) is 6.61 Å². The van der Waals surface area contributed by atoms with Crippen molar-refractivity contribution in [2.75, 3.05) is 12.3 Å². The molecule has 0 bridgehead atoms. The molecule has 0 atom stereocenters. The smallest absolute Gasteiger partial charge is 0.339 e. The van der Waals surface area contributed by atoms with Crippen LogP contribution < -0.4 is 10.5 Å². The molecule has 80 valence electrons. The van der Waals surface area contributed by atoms with Crippen molar-refractivity contribution in [3.8, 4) is 5.75 Å². The topological polar surface area (TPSA) is 72.5 Å². The van der Waals surface area contributed by atoms with Crippen LogP contribution in [0.4, 0.5) is 5.69 Å². The number of carboxylic acids is 1. The maximum Gasteiger partial charge on any atom is 0.339 e. The molecule has 0 aliphatic heterocycles. The summed E-state index contributed by atoms with van der Waals surface area (Å²) < 4.78 is 5.44. The van der Waals surface area contributed by atoms with Crippen molar-refractivity contribution in [2.45, 2.75) is 12.8 Å². The molecule has 0 heterocycles. The Bertz CT molecular complexity index is 385. The molecule has 0 aromatic heterocycles. The average molecular weight is 207 g/mol. The van der Waals surface area contributed by atoms with E-state index >= 15 is 0 Å². The van der Waals surface area contributed by atoms with E-state index in [2.05, 4.69) is 0 Å². The zero-order chi connectivity index (χ0) is 10.8. The van der Waals surface area contributed by atoms with E-state index in [-0.39, 0.29) is 5.56 Å². The third-order valence-electron chi connectivity index (χ3n) is 2.41.